The molecule has 0 N–H and O–H groups in total. The fourth-order valence-corrected chi connectivity index (χ4v) is 4.58. The lowest BCUT2D eigenvalue weighted by Gasteiger charge is -2.19. The van der Waals surface area contributed by atoms with E-state index >= 15 is 0 Å². The van der Waals surface area contributed by atoms with Gasteiger partial charge in [-0.15, -0.1) is 16.4 Å². The molecule has 4 nitrogen and oxygen atoms in total. The number of benzene rings is 1. The second-order valence-electron chi connectivity index (χ2n) is 7.01. The maximum atomic E-state index is 14.0. The summed E-state index contributed by atoms with van der Waals surface area (Å²) < 4.78 is 28.8. The molecule has 0 spiro atoms. The maximum absolute atomic E-state index is 14.0. The average Bonchev–Trinajstić information content (AvgIpc) is 3.42. The SMILES string of the molecule is Fc1ccc(-c2cn(CC3=C(Cl)c4ccc(-c5cccs5)nc4CC3)nn2)c(F)c1. The van der Waals surface area contributed by atoms with Crippen molar-refractivity contribution in [2.75, 3.05) is 0 Å². The number of hydrogen-bond donors (Lipinski definition) is 0. The van der Waals surface area contributed by atoms with E-state index in [0.717, 1.165) is 46.3 Å². The van der Waals surface area contributed by atoms with Crippen LogP contribution >= 0.6 is 22.9 Å². The largest absolute Gasteiger partial charge is 0.251 e. The topological polar surface area (TPSA) is 43.6 Å². The van der Waals surface area contributed by atoms with E-state index in [2.05, 4.69) is 16.4 Å². The predicted octanol–water partition coefficient (Wildman–Crippen LogP) is 5.94. The van der Waals surface area contributed by atoms with Gasteiger partial charge in [-0.1, -0.05) is 22.9 Å². The van der Waals surface area contributed by atoms with Crippen LogP contribution in [0.15, 0.2) is 59.6 Å². The molecule has 0 amide bonds. The molecule has 0 saturated carbocycles. The molecule has 0 radical (unpaired) electrons. The van der Waals surface area contributed by atoms with Gasteiger partial charge >= 0.3 is 0 Å². The van der Waals surface area contributed by atoms with Crippen LogP contribution in [0.4, 0.5) is 8.78 Å². The summed E-state index contributed by atoms with van der Waals surface area (Å²) in [5, 5.41) is 10.8. The Kier molecular flexibility index (Phi) is 4.92. The van der Waals surface area contributed by atoms with Gasteiger partial charge < -0.3 is 0 Å². The van der Waals surface area contributed by atoms with Crippen molar-refractivity contribution in [3.8, 4) is 21.8 Å². The van der Waals surface area contributed by atoms with Crippen molar-refractivity contribution in [2.24, 2.45) is 0 Å². The Balaban J connectivity index is 1.41. The molecule has 0 saturated heterocycles. The Bertz CT molecular complexity index is 1260. The third kappa shape index (κ3) is 3.55. The number of pyridine rings is 1. The minimum absolute atomic E-state index is 0.210. The Morgan fingerprint density at radius 3 is 2.70 bits per heavy atom. The quantitative estimate of drug-likeness (QED) is 0.394. The fourth-order valence-electron chi connectivity index (χ4n) is 3.56. The predicted molar refractivity (Wildman–Crippen MR) is 114 cm³/mol. The van der Waals surface area contributed by atoms with E-state index in [0.29, 0.717) is 17.3 Å². The van der Waals surface area contributed by atoms with Crippen LogP contribution in [0.1, 0.15) is 17.7 Å². The van der Waals surface area contributed by atoms with Crippen LogP contribution in [0.2, 0.25) is 0 Å². The highest BCUT2D eigenvalue weighted by atomic mass is 35.5. The summed E-state index contributed by atoms with van der Waals surface area (Å²) in [4.78, 5) is 5.92. The van der Waals surface area contributed by atoms with Gasteiger partial charge in [0.25, 0.3) is 0 Å². The molecule has 0 unspecified atom stereocenters. The maximum Gasteiger partial charge on any atom is 0.135 e. The first-order valence-corrected chi connectivity index (χ1v) is 10.6. The van der Waals surface area contributed by atoms with Crippen molar-refractivity contribution >= 4 is 28.0 Å². The van der Waals surface area contributed by atoms with E-state index in [1.165, 1.54) is 12.1 Å². The Morgan fingerprint density at radius 2 is 1.90 bits per heavy atom. The third-order valence-electron chi connectivity index (χ3n) is 5.06. The van der Waals surface area contributed by atoms with Gasteiger partial charge in [0.2, 0.25) is 0 Å². The Hall–Kier alpha value is -2.90. The third-order valence-corrected chi connectivity index (χ3v) is 6.42. The van der Waals surface area contributed by atoms with Gasteiger partial charge in [0.05, 0.1) is 34.0 Å². The number of hydrogen-bond acceptors (Lipinski definition) is 4. The first-order chi connectivity index (χ1) is 14.6. The van der Waals surface area contributed by atoms with E-state index in [9.17, 15) is 8.78 Å². The number of thiophene rings is 1. The minimum Gasteiger partial charge on any atom is -0.251 e. The lowest BCUT2D eigenvalue weighted by molar-refractivity contribution is 0.585. The van der Waals surface area contributed by atoms with Crippen molar-refractivity contribution in [1.82, 2.24) is 20.0 Å². The molecule has 1 aliphatic carbocycles. The second kappa shape index (κ2) is 7.74. The standard InChI is InChI=1S/C22H15ClF2N4S/c23-22-13(3-7-18-16(22)6-8-19(26-18)21-2-1-9-30-21)11-29-12-20(27-28-29)15-5-4-14(24)10-17(15)25/h1-2,4-6,8-10,12H,3,7,11H2. The zero-order valence-electron chi connectivity index (χ0n) is 15.6. The van der Waals surface area contributed by atoms with Gasteiger partial charge in [-0.05, 0) is 54.1 Å². The normalized spacial score (nSPS) is 13.6. The fraction of sp³-hybridized carbons (Fsp3) is 0.136. The van der Waals surface area contributed by atoms with Crippen LogP contribution in [0.25, 0.3) is 26.9 Å². The van der Waals surface area contributed by atoms with Crippen LogP contribution in [-0.2, 0) is 13.0 Å². The van der Waals surface area contributed by atoms with E-state index in [1.54, 1.807) is 22.2 Å². The van der Waals surface area contributed by atoms with Crippen molar-refractivity contribution in [1.29, 1.82) is 0 Å². The number of aryl methyl sites for hydroxylation is 1. The van der Waals surface area contributed by atoms with Gasteiger partial charge in [-0.2, -0.15) is 0 Å². The lowest BCUT2D eigenvalue weighted by Crippen LogP contribution is -2.10. The molecule has 0 bridgehead atoms. The number of fused-ring (bicyclic) bond motifs is 1. The van der Waals surface area contributed by atoms with E-state index < -0.39 is 11.6 Å². The molecule has 0 atom stereocenters. The zero-order chi connectivity index (χ0) is 20.7. The Labute approximate surface area is 180 Å². The highest BCUT2D eigenvalue weighted by Gasteiger charge is 2.21. The molecule has 1 aliphatic rings. The molecule has 3 heterocycles. The van der Waals surface area contributed by atoms with Crippen LogP contribution < -0.4 is 0 Å². The molecule has 150 valence electrons. The lowest BCUT2D eigenvalue weighted by atomic mass is 9.95. The summed E-state index contributed by atoms with van der Waals surface area (Å²) in [6.07, 6.45) is 3.18. The number of nitrogens with zero attached hydrogens (tertiary/aromatic N) is 4. The molecule has 30 heavy (non-hydrogen) atoms. The second-order valence-corrected chi connectivity index (χ2v) is 8.34. The molecule has 1 aromatic carbocycles. The summed E-state index contributed by atoms with van der Waals surface area (Å²) in [6, 6.07) is 11.5. The highest BCUT2D eigenvalue weighted by Crippen LogP contribution is 2.36. The van der Waals surface area contributed by atoms with Crippen LogP contribution in [0.5, 0.6) is 0 Å². The Morgan fingerprint density at radius 1 is 1.03 bits per heavy atom. The van der Waals surface area contributed by atoms with Gasteiger partial charge in [0.1, 0.15) is 17.3 Å². The molecular formula is C22H15ClF2N4S. The zero-order valence-corrected chi connectivity index (χ0v) is 17.2. The van der Waals surface area contributed by atoms with Crippen molar-refractivity contribution < 1.29 is 8.78 Å². The van der Waals surface area contributed by atoms with Gasteiger partial charge in [-0.3, -0.25) is 4.98 Å². The number of rotatable bonds is 4. The van der Waals surface area contributed by atoms with Crippen molar-refractivity contribution in [3.05, 3.63) is 82.5 Å². The van der Waals surface area contributed by atoms with Crippen LogP contribution in [0.3, 0.4) is 0 Å². The summed E-state index contributed by atoms with van der Waals surface area (Å²) in [6.45, 7) is 0.445. The molecular weight excluding hydrogens is 426 g/mol. The van der Waals surface area contributed by atoms with Gasteiger partial charge in [0.15, 0.2) is 0 Å². The van der Waals surface area contributed by atoms with Crippen molar-refractivity contribution in [3.63, 3.8) is 0 Å². The smallest absolute Gasteiger partial charge is 0.135 e. The van der Waals surface area contributed by atoms with Crippen molar-refractivity contribution in [2.45, 2.75) is 19.4 Å². The first kappa shape index (κ1) is 19.1. The molecule has 3 aromatic heterocycles. The number of halogens is 3. The van der Waals surface area contributed by atoms with Crippen LogP contribution in [0, 0.1) is 11.6 Å². The summed E-state index contributed by atoms with van der Waals surface area (Å²) in [5.74, 6) is -1.30. The first-order valence-electron chi connectivity index (χ1n) is 9.36. The molecule has 4 aromatic rings. The molecule has 0 aliphatic heterocycles. The van der Waals surface area contributed by atoms with E-state index in [1.807, 2.05) is 23.6 Å². The monoisotopic (exact) mass is 440 g/mol. The van der Waals surface area contributed by atoms with E-state index in [4.69, 9.17) is 16.6 Å². The summed E-state index contributed by atoms with van der Waals surface area (Å²) >= 11 is 8.34. The van der Waals surface area contributed by atoms with E-state index in [-0.39, 0.29) is 5.56 Å². The average molecular weight is 441 g/mol. The highest BCUT2D eigenvalue weighted by molar-refractivity contribution is 7.13. The molecule has 0 fully saturated rings. The molecule has 8 heteroatoms. The van der Waals surface area contributed by atoms with Crippen LogP contribution in [-0.4, -0.2) is 20.0 Å². The van der Waals surface area contributed by atoms with Gasteiger partial charge in [0, 0.05) is 17.2 Å². The minimum atomic E-state index is -0.668. The molecule has 5 rings (SSSR count). The summed E-state index contributed by atoms with van der Waals surface area (Å²) in [5.41, 5.74) is 4.46. The number of allylic oxidation sites excluding steroid dienone is 1. The van der Waals surface area contributed by atoms with Gasteiger partial charge in [-0.25, -0.2) is 13.5 Å². The summed E-state index contributed by atoms with van der Waals surface area (Å²) in [7, 11) is 0. The number of aromatic nitrogens is 4.